The molecule has 1 aromatic heterocycles. The molecule has 0 radical (unpaired) electrons. The van der Waals surface area contributed by atoms with E-state index in [2.05, 4.69) is 11.4 Å². The number of hydrogen-bond acceptors (Lipinski definition) is 4. The number of anilines is 1. The fraction of sp³-hybridized carbons (Fsp3) is 0.462. The molecule has 102 valence electrons. The van der Waals surface area contributed by atoms with Gasteiger partial charge in [0.1, 0.15) is 11.1 Å². The Morgan fingerprint density at radius 1 is 1.42 bits per heavy atom. The van der Waals surface area contributed by atoms with Crippen LogP contribution in [0.25, 0.3) is 0 Å². The molecular weight excluding hydrogens is 264 g/mol. The number of carbonyl (C=O) groups excluding carboxylic acids is 1. The van der Waals surface area contributed by atoms with Crippen LogP contribution in [0.3, 0.4) is 0 Å². The molecule has 0 bridgehead atoms. The molecule has 1 amide bonds. The minimum atomic E-state index is -0.916. The van der Waals surface area contributed by atoms with Crippen molar-refractivity contribution in [2.75, 3.05) is 5.32 Å². The highest BCUT2D eigenvalue weighted by atomic mass is 32.1. The average Bonchev–Trinajstić information content (AvgIpc) is 2.52. The summed E-state index contributed by atoms with van der Waals surface area (Å²) in [7, 11) is 0. The first kappa shape index (κ1) is 15.2. The zero-order chi connectivity index (χ0) is 14.6. The van der Waals surface area contributed by atoms with E-state index in [1.54, 1.807) is 6.92 Å². The Morgan fingerprint density at radius 3 is 2.58 bits per heavy atom. The summed E-state index contributed by atoms with van der Waals surface area (Å²) in [5.41, 5.74) is 1.36. The van der Waals surface area contributed by atoms with E-state index in [4.69, 9.17) is 10.4 Å². The molecule has 1 atom stereocenters. The Kier molecular flexibility index (Phi) is 5.07. The fourth-order valence-corrected chi connectivity index (χ4v) is 2.74. The van der Waals surface area contributed by atoms with Crippen molar-refractivity contribution in [2.24, 2.45) is 5.92 Å². The predicted octanol–water partition coefficient (Wildman–Crippen LogP) is 2.68. The van der Waals surface area contributed by atoms with Crippen molar-refractivity contribution in [1.29, 1.82) is 5.26 Å². The molecule has 0 saturated carbocycles. The van der Waals surface area contributed by atoms with Gasteiger partial charge in [-0.1, -0.05) is 6.92 Å². The highest BCUT2D eigenvalue weighted by molar-refractivity contribution is 7.16. The largest absolute Gasteiger partial charge is 0.481 e. The summed E-state index contributed by atoms with van der Waals surface area (Å²) in [5.74, 6) is -1.41. The van der Waals surface area contributed by atoms with Crippen LogP contribution in [-0.2, 0) is 9.59 Å². The number of aryl methyl sites for hydroxylation is 1. The van der Waals surface area contributed by atoms with E-state index in [0.29, 0.717) is 10.6 Å². The molecule has 0 fully saturated rings. The second-order valence-corrected chi connectivity index (χ2v) is 5.78. The van der Waals surface area contributed by atoms with Crippen molar-refractivity contribution in [3.8, 4) is 6.07 Å². The van der Waals surface area contributed by atoms with Gasteiger partial charge >= 0.3 is 5.97 Å². The minimum absolute atomic E-state index is 0.0407. The van der Waals surface area contributed by atoms with Gasteiger partial charge in [0, 0.05) is 17.7 Å². The highest BCUT2D eigenvalue weighted by Crippen LogP contribution is 2.31. The molecule has 0 aromatic carbocycles. The van der Waals surface area contributed by atoms with Gasteiger partial charge in [-0.3, -0.25) is 9.59 Å². The molecule has 0 saturated heterocycles. The molecule has 0 spiro atoms. The average molecular weight is 280 g/mol. The third kappa shape index (κ3) is 4.07. The van der Waals surface area contributed by atoms with Gasteiger partial charge in [-0.25, -0.2) is 0 Å². The number of aliphatic carboxylic acids is 1. The van der Waals surface area contributed by atoms with Crippen LogP contribution < -0.4 is 5.32 Å². The molecule has 0 aliphatic heterocycles. The van der Waals surface area contributed by atoms with E-state index >= 15 is 0 Å². The fourth-order valence-electron chi connectivity index (χ4n) is 1.71. The van der Waals surface area contributed by atoms with Crippen LogP contribution in [-0.4, -0.2) is 17.0 Å². The Hall–Kier alpha value is -1.87. The summed E-state index contributed by atoms with van der Waals surface area (Å²) >= 11 is 1.36. The van der Waals surface area contributed by atoms with Gasteiger partial charge < -0.3 is 10.4 Å². The summed E-state index contributed by atoms with van der Waals surface area (Å²) in [6.45, 7) is 5.44. The number of carbonyl (C=O) groups is 2. The number of thiophene rings is 1. The summed E-state index contributed by atoms with van der Waals surface area (Å²) < 4.78 is 0. The molecule has 1 rings (SSSR count). The highest BCUT2D eigenvalue weighted by Gasteiger charge is 2.17. The standard InChI is InChI=1S/C13H16N2O3S/c1-7(5-12(17)18)4-11(16)15-13-10(6-14)8(2)9(3)19-13/h7H,4-5H2,1-3H3,(H,15,16)(H,17,18). The first-order chi connectivity index (χ1) is 8.85. The Morgan fingerprint density at radius 2 is 2.05 bits per heavy atom. The first-order valence-electron chi connectivity index (χ1n) is 5.86. The van der Waals surface area contributed by atoms with Crippen molar-refractivity contribution in [3.63, 3.8) is 0 Å². The summed E-state index contributed by atoms with van der Waals surface area (Å²) in [6, 6.07) is 2.08. The van der Waals surface area contributed by atoms with Crippen molar-refractivity contribution in [2.45, 2.75) is 33.6 Å². The molecule has 2 N–H and O–H groups in total. The smallest absolute Gasteiger partial charge is 0.303 e. The number of nitrogens with one attached hydrogen (secondary N) is 1. The second kappa shape index (κ2) is 6.34. The first-order valence-corrected chi connectivity index (χ1v) is 6.68. The molecule has 5 nitrogen and oxygen atoms in total. The molecule has 1 aromatic rings. The number of amides is 1. The number of nitriles is 1. The van der Waals surface area contributed by atoms with Gasteiger partial charge in [0.05, 0.1) is 5.56 Å². The predicted molar refractivity (Wildman–Crippen MR) is 73.2 cm³/mol. The molecule has 0 aliphatic rings. The Bertz CT molecular complexity index is 543. The van der Waals surface area contributed by atoms with E-state index < -0.39 is 5.97 Å². The molecule has 6 heteroatoms. The van der Waals surface area contributed by atoms with Crippen LogP contribution in [0, 0.1) is 31.1 Å². The van der Waals surface area contributed by atoms with Crippen LogP contribution in [0.1, 0.15) is 35.8 Å². The molecule has 1 heterocycles. The zero-order valence-corrected chi connectivity index (χ0v) is 11.9. The maximum atomic E-state index is 11.8. The lowest BCUT2D eigenvalue weighted by molar-refractivity contribution is -0.138. The van der Waals surface area contributed by atoms with Crippen molar-refractivity contribution in [3.05, 3.63) is 16.0 Å². The summed E-state index contributed by atoms with van der Waals surface area (Å²) in [4.78, 5) is 23.3. The normalized spacial score (nSPS) is 11.7. The number of carboxylic acid groups (broad SMARTS) is 1. The third-order valence-electron chi connectivity index (χ3n) is 2.81. The summed E-state index contributed by atoms with van der Waals surface area (Å²) in [6.07, 6.45) is 0.0915. The SMILES string of the molecule is Cc1sc(NC(=O)CC(C)CC(=O)O)c(C#N)c1C. The number of carboxylic acids is 1. The van der Waals surface area contributed by atoms with Gasteiger partial charge in [-0.15, -0.1) is 11.3 Å². The third-order valence-corrected chi connectivity index (χ3v) is 3.93. The minimum Gasteiger partial charge on any atom is -0.481 e. The zero-order valence-electron chi connectivity index (χ0n) is 11.1. The molecule has 1 unspecified atom stereocenters. The molecule has 19 heavy (non-hydrogen) atoms. The number of rotatable bonds is 5. The van der Waals surface area contributed by atoms with Crippen LogP contribution >= 0.6 is 11.3 Å². The second-order valence-electron chi connectivity index (χ2n) is 4.55. The lowest BCUT2D eigenvalue weighted by atomic mass is 10.0. The van der Waals surface area contributed by atoms with Gasteiger partial charge in [-0.2, -0.15) is 5.26 Å². The van der Waals surface area contributed by atoms with Gasteiger partial charge in [-0.05, 0) is 25.3 Å². The molecule has 0 aliphatic carbocycles. The van der Waals surface area contributed by atoms with Crippen molar-refractivity contribution < 1.29 is 14.7 Å². The lowest BCUT2D eigenvalue weighted by Gasteiger charge is -2.08. The number of nitrogens with zero attached hydrogens (tertiary/aromatic N) is 1. The number of hydrogen-bond donors (Lipinski definition) is 2. The van der Waals surface area contributed by atoms with Crippen molar-refractivity contribution >= 4 is 28.2 Å². The Balaban J connectivity index is 2.70. The topological polar surface area (TPSA) is 90.2 Å². The van der Waals surface area contributed by atoms with E-state index in [1.807, 2.05) is 13.8 Å². The van der Waals surface area contributed by atoms with E-state index in [0.717, 1.165) is 10.4 Å². The van der Waals surface area contributed by atoms with E-state index in [-0.39, 0.29) is 24.7 Å². The van der Waals surface area contributed by atoms with Gasteiger partial charge in [0.2, 0.25) is 5.91 Å². The maximum Gasteiger partial charge on any atom is 0.303 e. The van der Waals surface area contributed by atoms with Crippen molar-refractivity contribution in [1.82, 2.24) is 0 Å². The van der Waals surface area contributed by atoms with E-state index in [9.17, 15) is 9.59 Å². The van der Waals surface area contributed by atoms with Crippen LogP contribution in [0.2, 0.25) is 0 Å². The van der Waals surface area contributed by atoms with Crippen LogP contribution in [0.15, 0.2) is 0 Å². The van der Waals surface area contributed by atoms with Gasteiger partial charge in [0.25, 0.3) is 0 Å². The Labute approximate surface area is 115 Å². The maximum absolute atomic E-state index is 11.8. The quantitative estimate of drug-likeness (QED) is 0.867. The lowest BCUT2D eigenvalue weighted by Crippen LogP contribution is -2.16. The van der Waals surface area contributed by atoms with Crippen LogP contribution in [0.5, 0.6) is 0 Å². The van der Waals surface area contributed by atoms with Crippen LogP contribution in [0.4, 0.5) is 5.00 Å². The van der Waals surface area contributed by atoms with E-state index in [1.165, 1.54) is 11.3 Å². The summed E-state index contributed by atoms with van der Waals surface area (Å²) in [5, 5.41) is 20.9. The van der Waals surface area contributed by atoms with Gasteiger partial charge in [0.15, 0.2) is 0 Å². The monoisotopic (exact) mass is 280 g/mol. The molecular formula is C13H16N2O3S.